The van der Waals surface area contributed by atoms with Gasteiger partial charge in [0.1, 0.15) is 6.10 Å². The summed E-state index contributed by atoms with van der Waals surface area (Å²) in [6.07, 6.45) is 2.82. The lowest BCUT2D eigenvalue weighted by molar-refractivity contribution is 0.0915. The highest BCUT2D eigenvalue weighted by Gasteiger charge is 2.21. The summed E-state index contributed by atoms with van der Waals surface area (Å²) in [6, 6.07) is 10.2. The first-order valence-corrected chi connectivity index (χ1v) is 8.81. The van der Waals surface area contributed by atoms with Crippen molar-refractivity contribution in [2.75, 3.05) is 13.2 Å². The summed E-state index contributed by atoms with van der Waals surface area (Å²) in [6.45, 7) is 5.18. The number of aliphatic hydroxyl groups excluding tert-OH is 2. The summed E-state index contributed by atoms with van der Waals surface area (Å²) in [4.78, 5) is 2.38. The van der Waals surface area contributed by atoms with Crippen LogP contribution in [0.1, 0.15) is 28.6 Å². The summed E-state index contributed by atoms with van der Waals surface area (Å²) < 4.78 is 3.79. The van der Waals surface area contributed by atoms with Crippen LogP contribution in [-0.4, -0.2) is 47.8 Å². The Balaban J connectivity index is 1.47. The highest BCUT2D eigenvalue weighted by atomic mass is 16.3. The van der Waals surface area contributed by atoms with Crippen molar-refractivity contribution >= 4 is 0 Å². The van der Waals surface area contributed by atoms with Gasteiger partial charge >= 0.3 is 0 Å². The molecule has 0 aliphatic carbocycles. The summed E-state index contributed by atoms with van der Waals surface area (Å²) in [7, 11) is 0. The third-order valence-electron chi connectivity index (χ3n) is 4.90. The van der Waals surface area contributed by atoms with Gasteiger partial charge in [-0.05, 0) is 42.3 Å². The van der Waals surface area contributed by atoms with E-state index in [0.717, 1.165) is 37.6 Å². The summed E-state index contributed by atoms with van der Waals surface area (Å²) in [5.74, 6) is 0. The Kier molecular flexibility index (Phi) is 4.58. The van der Waals surface area contributed by atoms with Crippen LogP contribution in [0.5, 0.6) is 0 Å². The normalized spacial score (nSPS) is 15.8. The second-order valence-corrected chi connectivity index (χ2v) is 6.75. The zero-order chi connectivity index (χ0) is 18.1. The van der Waals surface area contributed by atoms with Gasteiger partial charge in [-0.25, -0.2) is 4.68 Å². The van der Waals surface area contributed by atoms with Gasteiger partial charge in [-0.1, -0.05) is 6.07 Å². The molecular formula is C19H23N5O2. The molecule has 3 aromatic rings. The first-order valence-electron chi connectivity index (χ1n) is 8.81. The molecule has 0 saturated heterocycles. The van der Waals surface area contributed by atoms with Crippen molar-refractivity contribution in [3.63, 3.8) is 0 Å². The number of hydrogen-bond acceptors (Lipinski definition) is 5. The Hall–Kier alpha value is -2.48. The Morgan fingerprint density at radius 2 is 2.12 bits per heavy atom. The van der Waals surface area contributed by atoms with Crippen LogP contribution in [0.2, 0.25) is 0 Å². The highest BCUT2D eigenvalue weighted by molar-refractivity contribution is 5.39. The molecule has 1 unspecified atom stereocenters. The maximum atomic E-state index is 9.77. The van der Waals surface area contributed by atoms with E-state index < -0.39 is 6.10 Å². The zero-order valence-electron chi connectivity index (χ0n) is 14.8. The minimum atomic E-state index is -0.904. The van der Waals surface area contributed by atoms with Crippen LogP contribution in [0.15, 0.2) is 42.7 Å². The monoisotopic (exact) mass is 353 g/mol. The number of aromatic nitrogens is 4. The average Bonchev–Trinajstić information content (AvgIpc) is 3.32. The molecule has 4 rings (SSSR count). The lowest BCUT2D eigenvalue weighted by Crippen LogP contribution is -2.33. The predicted molar refractivity (Wildman–Crippen MR) is 96.7 cm³/mol. The van der Waals surface area contributed by atoms with E-state index in [1.807, 2.05) is 27.7 Å². The van der Waals surface area contributed by atoms with Crippen molar-refractivity contribution < 1.29 is 10.2 Å². The minimum absolute atomic E-state index is 0.304. The van der Waals surface area contributed by atoms with E-state index in [1.165, 1.54) is 11.1 Å². The quantitative estimate of drug-likeness (QED) is 0.725. The van der Waals surface area contributed by atoms with E-state index in [0.29, 0.717) is 5.69 Å². The Morgan fingerprint density at radius 1 is 1.23 bits per heavy atom. The van der Waals surface area contributed by atoms with Crippen LogP contribution in [0.3, 0.4) is 0 Å². The average molecular weight is 353 g/mol. The largest absolute Gasteiger partial charge is 0.393 e. The molecular weight excluding hydrogens is 330 g/mol. The summed E-state index contributed by atoms with van der Waals surface area (Å²) >= 11 is 0. The SMILES string of the molecule is Cc1cc(-n2cccn2)ccc1CN1CCn2nc(C(O)CO)cc2C1. The van der Waals surface area contributed by atoms with Gasteiger partial charge in [-0.2, -0.15) is 10.2 Å². The minimum Gasteiger partial charge on any atom is -0.393 e. The van der Waals surface area contributed by atoms with E-state index in [2.05, 4.69) is 40.2 Å². The number of fused-ring (bicyclic) bond motifs is 1. The molecule has 1 atom stereocenters. The molecule has 2 aromatic heterocycles. The predicted octanol–water partition coefficient (Wildman–Crippen LogP) is 1.42. The first kappa shape index (κ1) is 17.0. The molecule has 0 amide bonds. The standard InChI is InChI=1S/C19H23N5O2/c1-14-9-16(23-6-2-5-20-23)4-3-15(14)11-22-7-8-24-17(12-22)10-18(21-24)19(26)13-25/h2-6,9-10,19,25-26H,7-8,11-13H2,1H3. The number of nitrogens with zero attached hydrogens (tertiary/aromatic N) is 5. The topological polar surface area (TPSA) is 79.3 Å². The molecule has 0 spiro atoms. The van der Waals surface area contributed by atoms with Crippen LogP contribution < -0.4 is 0 Å². The molecule has 0 fully saturated rings. The summed E-state index contributed by atoms with van der Waals surface area (Å²) in [5.41, 5.74) is 5.22. The van der Waals surface area contributed by atoms with Crippen LogP contribution in [0.4, 0.5) is 0 Å². The molecule has 7 nitrogen and oxygen atoms in total. The molecule has 0 radical (unpaired) electrons. The lowest BCUT2D eigenvalue weighted by Gasteiger charge is -2.28. The number of benzene rings is 1. The van der Waals surface area contributed by atoms with E-state index >= 15 is 0 Å². The Bertz CT molecular complexity index is 887. The van der Waals surface area contributed by atoms with Crippen molar-refractivity contribution in [2.24, 2.45) is 0 Å². The van der Waals surface area contributed by atoms with Crippen molar-refractivity contribution in [3.05, 3.63) is 65.2 Å². The fourth-order valence-electron chi connectivity index (χ4n) is 3.40. The second-order valence-electron chi connectivity index (χ2n) is 6.75. The van der Waals surface area contributed by atoms with Crippen LogP contribution in [-0.2, 0) is 19.6 Å². The van der Waals surface area contributed by atoms with Gasteiger partial charge in [0, 0.05) is 32.0 Å². The van der Waals surface area contributed by atoms with E-state index in [4.69, 9.17) is 5.11 Å². The van der Waals surface area contributed by atoms with Crippen molar-refractivity contribution in [3.8, 4) is 5.69 Å². The number of hydrogen-bond donors (Lipinski definition) is 2. The second kappa shape index (κ2) is 7.03. The van der Waals surface area contributed by atoms with E-state index in [1.54, 1.807) is 6.20 Å². The van der Waals surface area contributed by atoms with Crippen molar-refractivity contribution in [2.45, 2.75) is 32.7 Å². The van der Waals surface area contributed by atoms with Gasteiger partial charge in [0.25, 0.3) is 0 Å². The summed E-state index contributed by atoms with van der Waals surface area (Å²) in [5, 5.41) is 27.5. The highest BCUT2D eigenvalue weighted by Crippen LogP contribution is 2.21. The van der Waals surface area contributed by atoms with Crippen LogP contribution in [0, 0.1) is 6.92 Å². The molecule has 136 valence electrons. The first-order chi connectivity index (χ1) is 12.6. The zero-order valence-corrected chi connectivity index (χ0v) is 14.8. The molecule has 1 aromatic carbocycles. The van der Waals surface area contributed by atoms with Crippen molar-refractivity contribution in [1.82, 2.24) is 24.5 Å². The number of aryl methyl sites for hydroxylation is 1. The fraction of sp³-hybridized carbons (Fsp3) is 0.368. The molecule has 2 N–H and O–H groups in total. The molecule has 7 heteroatoms. The third-order valence-corrected chi connectivity index (χ3v) is 4.90. The Morgan fingerprint density at radius 3 is 2.85 bits per heavy atom. The van der Waals surface area contributed by atoms with Gasteiger partial charge < -0.3 is 10.2 Å². The number of aliphatic hydroxyl groups is 2. The smallest absolute Gasteiger partial charge is 0.121 e. The van der Waals surface area contributed by atoms with E-state index in [9.17, 15) is 5.11 Å². The van der Waals surface area contributed by atoms with Gasteiger partial charge in [0.05, 0.1) is 30.2 Å². The van der Waals surface area contributed by atoms with Crippen molar-refractivity contribution in [1.29, 1.82) is 0 Å². The van der Waals surface area contributed by atoms with Gasteiger partial charge in [0.2, 0.25) is 0 Å². The number of rotatable bonds is 5. The van der Waals surface area contributed by atoms with E-state index in [-0.39, 0.29) is 6.61 Å². The molecule has 0 bridgehead atoms. The fourth-order valence-corrected chi connectivity index (χ4v) is 3.40. The maximum absolute atomic E-state index is 9.77. The molecule has 26 heavy (non-hydrogen) atoms. The van der Waals surface area contributed by atoms with Crippen LogP contribution in [0.25, 0.3) is 5.69 Å². The van der Waals surface area contributed by atoms with Gasteiger partial charge in [-0.3, -0.25) is 9.58 Å². The van der Waals surface area contributed by atoms with Gasteiger partial charge in [-0.15, -0.1) is 0 Å². The molecule has 0 saturated carbocycles. The lowest BCUT2D eigenvalue weighted by atomic mass is 10.1. The van der Waals surface area contributed by atoms with Crippen LogP contribution >= 0.6 is 0 Å². The molecule has 3 heterocycles. The Labute approximate surface area is 152 Å². The molecule has 1 aliphatic rings. The third kappa shape index (κ3) is 3.29. The maximum Gasteiger partial charge on any atom is 0.121 e. The van der Waals surface area contributed by atoms with Gasteiger partial charge in [0.15, 0.2) is 0 Å². The molecule has 1 aliphatic heterocycles.